The molecule has 0 aromatic rings. The second-order valence-electron chi connectivity index (χ2n) is 2.96. The molecule has 0 N–H and O–H groups in total. The number of Topliss-reactive ketones (excluding diaryl/α,β-unsaturated/α-hetero) is 1. The van der Waals surface area contributed by atoms with Crippen LogP contribution in [0.1, 0.15) is 19.8 Å². The molecule has 1 saturated heterocycles. The summed E-state index contributed by atoms with van der Waals surface area (Å²) in [4.78, 5) is 11.0. The largest absolute Gasteiger partial charge is 0.381 e. The molecule has 1 heterocycles. The van der Waals surface area contributed by atoms with E-state index in [2.05, 4.69) is 15.9 Å². The van der Waals surface area contributed by atoms with Crippen LogP contribution in [-0.2, 0) is 9.53 Å². The summed E-state index contributed by atoms with van der Waals surface area (Å²) in [6.07, 6.45) is 2.02. The first kappa shape index (κ1) is 9.20. The highest BCUT2D eigenvalue weighted by Crippen LogP contribution is 2.24. The number of ketones is 1. The van der Waals surface area contributed by atoms with Gasteiger partial charge < -0.3 is 4.74 Å². The fraction of sp³-hybridized carbons (Fsp3) is 0.875. The Morgan fingerprint density at radius 1 is 1.55 bits per heavy atom. The molecule has 1 fully saturated rings. The highest BCUT2D eigenvalue weighted by molar-refractivity contribution is 9.10. The summed E-state index contributed by atoms with van der Waals surface area (Å²) in [6, 6.07) is 0. The SMILES string of the molecule is CC(=O)C(Br)C1CCOCC1. The standard InChI is InChI=1S/C8H13BrO2/c1-6(10)8(9)7-2-4-11-5-3-7/h7-8H,2-5H2,1H3. The van der Waals surface area contributed by atoms with E-state index in [1.807, 2.05) is 0 Å². The van der Waals surface area contributed by atoms with Crippen molar-refractivity contribution >= 4 is 21.7 Å². The molecule has 0 saturated carbocycles. The van der Waals surface area contributed by atoms with Gasteiger partial charge in [-0.2, -0.15) is 0 Å². The van der Waals surface area contributed by atoms with Crippen LogP contribution in [-0.4, -0.2) is 23.8 Å². The van der Waals surface area contributed by atoms with E-state index in [0.717, 1.165) is 26.1 Å². The number of carbonyl (C=O) groups excluding carboxylic acids is 1. The molecule has 1 unspecified atom stereocenters. The van der Waals surface area contributed by atoms with Crippen LogP contribution in [0.4, 0.5) is 0 Å². The van der Waals surface area contributed by atoms with Crippen molar-refractivity contribution in [3.05, 3.63) is 0 Å². The number of rotatable bonds is 2. The minimum absolute atomic E-state index is 0.0476. The molecule has 1 aliphatic heterocycles. The maximum absolute atomic E-state index is 11.0. The second kappa shape index (κ2) is 4.21. The monoisotopic (exact) mass is 220 g/mol. The first-order chi connectivity index (χ1) is 5.22. The molecule has 0 bridgehead atoms. The maximum Gasteiger partial charge on any atom is 0.143 e. The first-order valence-corrected chi connectivity index (χ1v) is 4.85. The van der Waals surface area contributed by atoms with Gasteiger partial charge in [-0.3, -0.25) is 4.79 Å². The molecule has 3 heteroatoms. The van der Waals surface area contributed by atoms with Crippen LogP contribution in [0.3, 0.4) is 0 Å². The zero-order valence-corrected chi connectivity index (χ0v) is 8.26. The summed E-state index contributed by atoms with van der Waals surface area (Å²) < 4.78 is 5.20. The van der Waals surface area contributed by atoms with Gasteiger partial charge in [0.25, 0.3) is 0 Å². The lowest BCUT2D eigenvalue weighted by Crippen LogP contribution is -2.27. The van der Waals surface area contributed by atoms with E-state index >= 15 is 0 Å². The Labute approximate surface area is 75.4 Å². The van der Waals surface area contributed by atoms with Gasteiger partial charge in [-0.1, -0.05) is 15.9 Å². The van der Waals surface area contributed by atoms with Gasteiger partial charge in [-0.05, 0) is 25.7 Å². The van der Waals surface area contributed by atoms with Crippen molar-refractivity contribution in [2.75, 3.05) is 13.2 Å². The summed E-state index contributed by atoms with van der Waals surface area (Å²) in [5.74, 6) is 0.721. The normalized spacial score (nSPS) is 23.1. The summed E-state index contributed by atoms with van der Waals surface area (Å²) in [6.45, 7) is 3.25. The van der Waals surface area contributed by atoms with Crippen molar-refractivity contribution in [3.63, 3.8) is 0 Å². The third kappa shape index (κ3) is 2.56. The third-order valence-electron chi connectivity index (χ3n) is 2.07. The Hall–Kier alpha value is 0.110. The van der Waals surface area contributed by atoms with Crippen molar-refractivity contribution in [1.29, 1.82) is 0 Å². The number of alkyl halides is 1. The lowest BCUT2D eigenvalue weighted by molar-refractivity contribution is -0.117. The van der Waals surface area contributed by atoms with Gasteiger partial charge in [0.2, 0.25) is 0 Å². The quantitative estimate of drug-likeness (QED) is 0.664. The molecule has 2 nitrogen and oxygen atoms in total. The number of hydrogen-bond acceptors (Lipinski definition) is 2. The van der Waals surface area contributed by atoms with Crippen molar-refractivity contribution < 1.29 is 9.53 Å². The zero-order chi connectivity index (χ0) is 8.27. The van der Waals surface area contributed by atoms with Crippen molar-refractivity contribution in [3.8, 4) is 0 Å². The van der Waals surface area contributed by atoms with Crippen LogP contribution in [0.25, 0.3) is 0 Å². The van der Waals surface area contributed by atoms with Crippen LogP contribution in [0.5, 0.6) is 0 Å². The summed E-state index contributed by atoms with van der Waals surface area (Å²) in [5.41, 5.74) is 0. The smallest absolute Gasteiger partial charge is 0.143 e. The highest BCUT2D eigenvalue weighted by Gasteiger charge is 2.24. The van der Waals surface area contributed by atoms with E-state index in [0.29, 0.717) is 5.92 Å². The average molecular weight is 221 g/mol. The van der Waals surface area contributed by atoms with E-state index in [1.54, 1.807) is 6.92 Å². The van der Waals surface area contributed by atoms with E-state index in [4.69, 9.17) is 4.74 Å². The summed E-state index contributed by atoms with van der Waals surface area (Å²) >= 11 is 3.40. The Balaban J connectivity index is 2.38. The van der Waals surface area contributed by atoms with E-state index in [-0.39, 0.29) is 10.6 Å². The molecule has 11 heavy (non-hydrogen) atoms. The van der Waals surface area contributed by atoms with E-state index < -0.39 is 0 Å². The Bertz CT molecular complexity index is 141. The molecule has 0 amide bonds. The molecule has 1 atom stereocenters. The molecule has 1 aliphatic rings. The molecule has 0 aromatic heterocycles. The van der Waals surface area contributed by atoms with Crippen LogP contribution < -0.4 is 0 Å². The van der Waals surface area contributed by atoms with Gasteiger partial charge in [0.1, 0.15) is 5.78 Å². The predicted molar refractivity (Wildman–Crippen MR) is 46.9 cm³/mol. The molecule has 1 rings (SSSR count). The second-order valence-corrected chi connectivity index (χ2v) is 3.95. The molecule has 0 aromatic carbocycles. The zero-order valence-electron chi connectivity index (χ0n) is 6.68. The fourth-order valence-electron chi connectivity index (χ4n) is 1.34. The topological polar surface area (TPSA) is 26.3 Å². The van der Waals surface area contributed by atoms with E-state index in [1.165, 1.54) is 0 Å². The van der Waals surface area contributed by atoms with Gasteiger partial charge >= 0.3 is 0 Å². The molecular formula is C8H13BrO2. The fourth-order valence-corrected chi connectivity index (χ4v) is 1.87. The van der Waals surface area contributed by atoms with Crippen LogP contribution >= 0.6 is 15.9 Å². The van der Waals surface area contributed by atoms with Gasteiger partial charge in [0.05, 0.1) is 4.83 Å². The lowest BCUT2D eigenvalue weighted by atomic mass is 9.95. The van der Waals surface area contributed by atoms with Gasteiger partial charge in [0, 0.05) is 13.2 Å². The first-order valence-electron chi connectivity index (χ1n) is 3.94. The predicted octanol–water partition coefficient (Wildman–Crippen LogP) is 1.77. The summed E-state index contributed by atoms with van der Waals surface area (Å²) in [7, 11) is 0. The molecule has 0 aliphatic carbocycles. The average Bonchev–Trinajstić information content (AvgIpc) is 2.05. The Kier molecular flexibility index (Phi) is 3.52. The number of hydrogen-bond donors (Lipinski definition) is 0. The minimum Gasteiger partial charge on any atom is -0.381 e. The van der Waals surface area contributed by atoms with Crippen LogP contribution in [0.15, 0.2) is 0 Å². The van der Waals surface area contributed by atoms with Crippen molar-refractivity contribution in [2.24, 2.45) is 5.92 Å². The van der Waals surface area contributed by atoms with Gasteiger partial charge in [-0.25, -0.2) is 0 Å². The number of halogens is 1. The van der Waals surface area contributed by atoms with E-state index in [9.17, 15) is 4.79 Å². The molecule has 64 valence electrons. The Morgan fingerprint density at radius 2 is 2.09 bits per heavy atom. The van der Waals surface area contributed by atoms with Crippen LogP contribution in [0.2, 0.25) is 0 Å². The molecule has 0 radical (unpaired) electrons. The van der Waals surface area contributed by atoms with Crippen molar-refractivity contribution in [2.45, 2.75) is 24.6 Å². The number of carbonyl (C=O) groups is 1. The number of ether oxygens (including phenoxy) is 1. The maximum atomic E-state index is 11.0. The minimum atomic E-state index is 0.0476. The van der Waals surface area contributed by atoms with Gasteiger partial charge in [-0.15, -0.1) is 0 Å². The van der Waals surface area contributed by atoms with Gasteiger partial charge in [0.15, 0.2) is 0 Å². The van der Waals surface area contributed by atoms with Crippen molar-refractivity contribution in [1.82, 2.24) is 0 Å². The highest BCUT2D eigenvalue weighted by atomic mass is 79.9. The van der Waals surface area contributed by atoms with Crippen LogP contribution in [0, 0.1) is 5.92 Å². The molecular weight excluding hydrogens is 208 g/mol. The summed E-state index contributed by atoms with van der Waals surface area (Å²) in [5, 5.41) is 0. The lowest BCUT2D eigenvalue weighted by Gasteiger charge is -2.24. The molecule has 0 spiro atoms. The Morgan fingerprint density at radius 3 is 2.55 bits per heavy atom. The third-order valence-corrected chi connectivity index (χ3v) is 3.46.